The van der Waals surface area contributed by atoms with Gasteiger partial charge in [0.1, 0.15) is 18.2 Å². The van der Waals surface area contributed by atoms with Crippen molar-refractivity contribution < 1.29 is 19.5 Å². The van der Waals surface area contributed by atoms with Crippen LogP contribution in [0.1, 0.15) is 83.5 Å². The molecule has 1 saturated carbocycles. The van der Waals surface area contributed by atoms with Crippen molar-refractivity contribution in [2.75, 3.05) is 49.5 Å². The van der Waals surface area contributed by atoms with Crippen LogP contribution in [-0.4, -0.2) is 126 Å². The molecule has 19 heteroatoms. The SMILES string of the molecule is Cc1ncsc1-c1ccc(CNC(=O)[C@@H]2C[C@@H](O)CN2C(=O)C(NC(=O)[C@H]2CC[C@H](CN3CCN(c4nnc(-c5cnc(-c6ccc7cc(C#N)cnn67)cc5NC(C)C)s4)CC3)CC2)C(C)(C)C)cc1. The number of anilines is 2. The van der Waals surface area contributed by atoms with Gasteiger partial charge in [-0.25, -0.2) is 9.50 Å². The van der Waals surface area contributed by atoms with Gasteiger partial charge >= 0.3 is 0 Å². The second-order valence-electron chi connectivity index (χ2n) is 20.6. The van der Waals surface area contributed by atoms with Crippen LogP contribution in [0.3, 0.4) is 0 Å². The number of benzene rings is 1. The van der Waals surface area contributed by atoms with Crippen LogP contribution in [0.15, 0.2) is 66.4 Å². The van der Waals surface area contributed by atoms with Crippen LogP contribution in [0, 0.1) is 35.5 Å². The fourth-order valence-corrected chi connectivity index (χ4v) is 11.8. The largest absolute Gasteiger partial charge is 0.391 e. The molecule has 3 aliphatic rings. The number of aryl methyl sites for hydroxylation is 1. The third kappa shape index (κ3) is 11.3. The van der Waals surface area contributed by atoms with Crippen molar-refractivity contribution in [1.29, 1.82) is 5.26 Å². The van der Waals surface area contributed by atoms with Crippen LogP contribution in [0.2, 0.25) is 0 Å². The molecule has 0 radical (unpaired) electrons. The van der Waals surface area contributed by atoms with E-state index in [4.69, 9.17) is 4.98 Å². The number of pyridine rings is 1. The highest BCUT2D eigenvalue weighted by molar-refractivity contribution is 7.18. The van der Waals surface area contributed by atoms with E-state index in [0.717, 1.165) is 118 Å². The molecule has 7 heterocycles. The first-order valence-electron chi connectivity index (χ1n) is 24.6. The Bertz CT molecular complexity index is 2900. The van der Waals surface area contributed by atoms with Gasteiger partial charge < -0.3 is 30.9 Å². The third-order valence-electron chi connectivity index (χ3n) is 14.0. The van der Waals surface area contributed by atoms with Crippen molar-refractivity contribution in [2.45, 2.75) is 104 Å². The topological polar surface area (TPSA) is 210 Å². The van der Waals surface area contributed by atoms with E-state index < -0.39 is 23.6 Å². The van der Waals surface area contributed by atoms with E-state index in [-0.39, 0.29) is 49.2 Å². The summed E-state index contributed by atoms with van der Waals surface area (Å²) in [6, 6.07) is 16.3. The lowest BCUT2D eigenvalue weighted by molar-refractivity contribution is -0.144. The van der Waals surface area contributed by atoms with Gasteiger partial charge in [-0.15, -0.1) is 21.5 Å². The number of nitrogens with one attached hydrogen (secondary N) is 3. The number of nitriles is 1. The van der Waals surface area contributed by atoms with E-state index in [1.807, 2.05) is 87.9 Å². The predicted octanol–water partition coefficient (Wildman–Crippen LogP) is 6.78. The van der Waals surface area contributed by atoms with Crippen LogP contribution < -0.4 is 20.9 Å². The number of likely N-dealkylation sites (tertiary alicyclic amines) is 1. The third-order valence-corrected chi connectivity index (χ3v) is 15.9. The summed E-state index contributed by atoms with van der Waals surface area (Å²) in [6.07, 6.45) is 6.06. The molecule has 71 heavy (non-hydrogen) atoms. The number of nitrogens with zero attached hydrogens (tertiary/aromatic N) is 10. The van der Waals surface area contributed by atoms with E-state index in [0.29, 0.717) is 11.5 Å². The highest BCUT2D eigenvalue weighted by atomic mass is 32.1. The summed E-state index contributed by atoms with van der Waals surface area (Å²) in [6.45, 7) is 16.7. The van der Waals surface area contributed by atoms with Gasteiger partial charge in [0.2, 0.25) is 22.9 Å². The highest BCUT2D eigenvalue weighted by Gasteiger charge is 2.45. The molecule has 3 fully saturated rings. The molecule has 1 aromatic carbocycles. The maximum atomic E-state index is 14.3. The van der Waals surface area contributed by atoms with Gasteiger partial charge in [0.15, 0.2) is 5.01 Å². The summed E-state index contributed by atoms with van der Waals surface area (Å²) in [7, 11) is 0. The molecule has 3 amide bonds. The van der Waals surface area contributed by atoms with Crippen molar-refractivity contribution >= 4 is 56.7 Å². The number of amides is 3. The predicted molar refractivity (Wildman–Crippen MR) is 277 cm³/mol. The number of thiazole rings is 1. The van der Waals surface area contributed by atoms with Crippen molar-refractivity contribution in [3.05, 3.63) is 83.3 Å². The molecule has 3 atom stereocenters. The molecule has 372 valence electrons. The molecular formula is C52H63N13O4S2. The van der Waals surface area contributed by atoms with Crippen LogP contribution in [0.25, 0.3) is 37.9 Å². The smallest absolute Gasteiger partial charge is 0.246 e. The lowest BCUT2D eigenvalue weighted by atomic mass is 9.80. The molecule has 5 aromatic heterocycles. The fraction of sp³-hybridized carbons (Fsp3) is 0.481. The molecule has 9 rings (SSSR count). The average Bonchev–Trinajstić information content (AvgIpc) is 4.19. The maximum absolute atomic E-state index is 14.3. The molecule has 1 aliphatic carbocycles. The number of hydrogen-bond donors (Lipinski definition) is 4. The van der Waals surface area contributed by atoms with Gasteiger partial charge in [-0.3, -0.25) is 24.3 Å². The molecule has 2 saturated heterocycles. The highest BCUT2D eigenvalue weighted by Crippen LogP contribution is 2.37. The maximum Gasteiger partial charge on any atom is 0.246 e. The molecule has 17 nitrogen and oxygen atoms in total. The number of aliphatic hydroxyl groups is 1. The van der Waals surface area contributed by atoms with Gasteiger partial charge in [0.05, 0.1) is 56.4 Å². The first-order valence-corrected chi connectivity index (χ1v) is 26.3. The van der Waals surface area contributed by atoms with E-state index in [2.05, 4.69) is 65.9 Å². The van der Waals surface area contributed by atoms with Gasteiger partial charge in [0, 0.05) is 76.1 Å². The summed E-state index contributed by atoms with van der Waals surface area (Å²) in [5.74, 6) is -0.520. The standard InChI is InChI=1S/C52H63N13O4S2/c1-31(2)58-41-23-42(43-16-15-38-21-35(24-53)26-57-65(38)43)54-27-40(41)49-60-61-51(71-49)63-19-17-62(18-20-63)28-34-9-13-37(14-10-34)47(67)59-46(52(4,5)6)50(69)64-29-39(66)22-44(64)48(68)55-25-33-7-11-36(12-8-33)45-32(3)56-30-70-45/h7-8,11-12,15-16,21,23,26-27,30-31,34,37,39,44,46,66H,9-10,13-14,17-20,22,25,28-29H2,1-6H3,(H,54,58)(H,55,68)(H,59,67)/t34-,37-,39-,44+,46?/m1/s1. The lowest BCUT2D eigenvalue weighted by Gasteiger charge is -2.38. The monoisotopic (exact) mass is 997 g/mol. The zero-order valence-corrected chi connectivity index (χ0v) is 42.9. The number of carbonyl (C=O) groups excluding carboxylic acids is 3. The summed E-state index contributed by atoms with van der Waals surface area (Å²) in [4.78, 5) is 58.4. The zero-order valence-electron chi connectivity index (χ0n) is 41.3. The van der Waals surface area contributed by atoms with E-state index >= 15 is 0 Å². The number of hydrogen-bond acceptors (Lipinski definition) is 15. The first kappa shape index (κ1) is 49.6. The molecule has 0 spiro atoms. The Morgan fingerprint density at radius 2 is 1.70 bits per heavy atom. The van der Waals surface area contributed by atoms with Crippen molar-refractivity contribution in [2.24, 2.45) is 17.3 Å². The Morgan fingerprint density at radius 1 is 0.944 bits per heavy atom. The first-order chi connectivity index (χ1) is 34.1. The van der Waals surface area contributed by atoms with Crippen molar-refractivity contribution in [1.82, 2.24) is 50.2 Å². The molecule has 1 unspecified atom stereocenters. The minimum atomic E-state index is -0.859. The summed E-state index contributed by atoms with van der Waals surface area (Å²) in [5, 5.41) is 45.1. The lowest BCUT2D eigenvalue weighted by Crippen LogP contribution is -2.58. The van der Waals surface area contributed by atoms with E-state index in [1.54, 1.807) is 33.4 Å². The second kappa shape index (κ2) is 21.2. The Labute approximate surface area is 422 Å². The minimum absolute atomic E-state index is 0.0343. The number of piperazine rings is 1. The Balaban J connectivity index is 0.749. The Morgan fingerprint density at radius 3 is 2.39 bits per heavy atom. The summed E-state index contributed by atoms with van der Waals surface area (Å²) >= 11 is 3.15. The number of carbonyl (C=O) groups is 3. The van der Waals surface area contributed by atoms with Crippen LogP contribution in [0.4, 0.5) is 10.8 Å². The van der Waals surface area contributed by atoms with E-state index in [9.17, 15) is 24.8 Å². The van der Waals surface area contributed by atoms with Crippen molar-refractivity contribution in [3.63, 3.8) is 0 Å². The van der Waals surface area contributed by atoms with Crippen LogP contribution in [0.5, 0.6) is 0 Å². The van der Waals surface area contributed by atoms with E-state index in [1.165, 1.54) is 4.90 Å². The quantitative estimate of drug-likeness (QED) is 0.0889. The number of fused-ring (bicyclic) bond motifs is 1. The molecule has 6 aromatic rings. The zero-order chi connectivity index (χ0) is 50.0. The second-order valence-corrected chi connectivity index (χ2v) is 22.4. The average molecular weight is 998 g/mol. The van der Waals surface area contributed by atoms with Gasteiger partial charge in [-0.1, -0.05) is 56.4 Å². The minimum Gasteiger partial charge on any atom is -0.391 e. The normalized spacial score (nSPS) is 20.3. The number of aromatic nitrogens is 6. The summed E-state index contributed by atoms with van der Waals surface area (Å²) < 4.78 is 1.79. The van der Waals surface area contributed by atoms with Crippen LogP contribution >= 0.6 is 22.7 Å². The molecule has 4 N–H and O–H groups in total. The van der Waals surface area contributed by atoms with Crippen LogP contribution in [-0.2, 0) is 20.9 Å². The Hall–Kier alpha value is -6.33. The molecule has 0 bridgehead atoms. The van der Waals surface area contributed by atoms with Gasteiger partial charge in [-0.2, -0.15) is 10.4 Å². The fourth-order valence-electron chi connectivity index (χ4n) is 10.0. The Kier molecular flexibility index (Phi) is 14.8. The number of aliphatic hydroxyl groups excluding tert-OH is 1. The number of β-amino-alcohol motifs (C(OH)–C–C–N with tert-alkyl or cyclic N) is 1. The van der Waals surface area contributed by atoms with Crippen molar-refractivity contribution in [3.8, 4) is 38.5 Å². The summed E-state index contributed by atoms with van der Waals surface area (Å²) in [5.41, 5.74) is 8.86. The van der Waals surface area contributed by atoms with Gasteiger partial charge in [-0.05, 0) is 93.2 Å². The molecule has 2 aliphatic heterocycles. The number of rotatable bonds is 14. The molecular weight excluding hydrogens is 935 g/mol. The van der Waals surface area contributed by atoms with Gasteiger partial charge in [0.25, 0.3) is 0 Å².